The molecule has 0 atom stereocenters. The smallest absolute Gasteiger partial charge is 0.112 e. The van der Waals surface area contributed by atoms with E-state index < -0.39 is 0 Å². The fraction of sp³-hybridized carbons (Fsp3) is 0.733. The standard InChI is InChI=1S/C15H26O/c1-6-7-12(2)16-14-10-8-13(9-11-14)15(3,4)5/h6-7,13-14H,2,8-11H2,1,3-5H3/b7-6-. The number of rotatable bonds is 3. The molecule has 0 saturated heterocycles. The van der Waals surface area contributed by atoms with Crippen LogP contribution in [-0.4, -0.2) is 6.10 Å². The highest BCUT2D eigenvalue weighted by Gasteiger charge is 2.30. The number of hydrogen-bond donors (Lipinski definition) is 0. The third-order valence-electron chi connectivity index (χ3n) is 3.57. The van der Waals surface area contributed by atoms with Crippen LogP contribution in [0.1, 0.15) is 53.4 Å². The highest BCUT2D eigenvalue weighted by Crippen LogP contribution is 2.38. The first-order valence-corrected chi connectivity index (χ1v) is 6.41. The zero-order valence-corrected chi connectivity index (χ0v) is 11.3. The van der Waals surface area contributed by atoms with Gasteiger partial charge in [-0.05, 0) is 50.0 Å². The molecule has 1 aliphatic rings. The summed E-state index contributed by atoms with van der Waals surface area (Å²) in [7, 11) is 0. The monoisotopic (exact) mass is 222 g/mol. The lowest BCUT2D eigenvalue weighted by Crippen LogP contribution is -2.28. The van der Waals surface area contributed by atoms with E-state index in [0.717, 1.165) is 11.7 Å². The summed E-state index contributed by atoms with van der Waals surface area (Å²) in [6.07, 6.45) is 9.24. The summed E-state index contributed by atoms with van der Waals surface area (Å²) in [5.74, 6) is 1.66. The van der Waals surface area contributed by atoms with Crippen molar-refractivity contribution in [3.8, 4) is 0 Å². The van der Waals surface area contributed by atoms with Crippen LogP contribution in [0.2, 0.25) is 0 Å². The maximum Gasteiger partial charge on any atom is 0.112 e. The van der Waals surface area contributed by atoms with Gasteiger partial charge in [-0.2, -0.15) is 0 Å². The summed E-state index contributed by atoms with van der Waals surface area (Å²) in [6.45, 7) is 12.9. The van der Waals surface area contributed by atoms with Crippen molar-refractivity contribution in [3.63, 3.8) is 0 Å². The minimum Gasteiger partial charge on any atom is -0.491 e. The Bertz CT molecular complexity index is 249. The molecule has 0 N–H and O–H groups in total. The van der Waals surface area contributed by atoms with Crippen molar-refractivity contribution in [1.82, 2.24) is 0 Å². The number of hydrogen-bond acceptors (Lipinski definition) is 1. The van der Waals surface area contributed by atoms with Crippen molar-refractivity contribution in [2.75, 3.05) is 0 Å². The molecule has 0 aromatic heterocycles. The van der Waals surface area contributed by atoms with Crippen LogP contribution in [0, 0.1) is 11.3 Å². The minimum absolute atomic E-state index is 0.391. The Labute approximate surface area is 101 Å². The normalized spacial score (nSPS) is 27.0. The van der Waals surface area contributed by atoms with Crippen molar-refractivity contribution in [3.05, 3.63) is 24.5 Å². The van der Waals surface area contributed by atoms with Crippen LogP contribution in [0.3, 0.4) is 0 Å². The van der Waals surface area contributed by atoms with Gasteiger partial charge in [-0.1, -0.05) is 33.4 Å². The van der Waals surface area contributed by atoms with Gasteiger partial charge in [0.1, 0.15) is 5.76 Å². The van der Waals surface area contributed by atoms with E-state index in [9.17, 15) is 0 Å². The number of allylic oxidation sites excluding steroid dienone is 2. The Morgan fingerprint density at radius 3 is 2.19 bits per heavy atom. The molecule has 0 aromatic rings. The molecule has 0 amide bonds. The van der Waals surface area contributed by atoms with Gasteiger partial charge in [0, 0.05) is 0 Å². The highest BCUT2D eigenvalue weighted by atomic mass is 16.5. The van der Waals surface area contributed by atoms with Crippen LogP contribution in [-0.2, 0) is 4.74 Å². The van der Waals surface area contributed by atoms with Crippen molar-refractivity contribution in [1.29, 1.82) is 0 Å². The van der Waals surface area contributed by atoms with E-state index in [1.54, 1.807) is 0 Å². The fourth-order valence-corrected chi connectivity index (χ4v) is 2.49. The van der Waals surface area contributed by atoms with Gasteiger partial charge in [-0.25, -0.2) is 0 Å². The highest BCUT2D eigenvalue weighted by molar-refractivity contribution is 5.06. The van der Waals surface area contributed by atoms with Crippen LogP contribution >= 0.6 is 0 Å². The summed E-state index contributed by atoms with van der Waals surface area (Å²) in [5.41, 5.74) is 0.450. The van der Waals surface area contributed by atoms with Gasteiger partial charge >= 0.3 is 0 Å². The molecule has 0 unspecified atom stereocenters. The molecular formula is C15H26O. The van der Waals surface area contributed by atoms with E-state index >= 15 is 0 Å². The summed E-state index contributed by atoms with van der Waals surface area (Å²) in [6, 6.07) is 0. The lowest BCUT2D eigenvalue weighted by molar-refractivity contribution is 0.0494. The van der Waals surface area contributed by atoms with Crippen molar-refractivity contribution < 1.29 is 4.74 Å². The lowest BCUT2D eigenvalue weighted by Gasteiger charge is -2.37. The van der Waals surface area contributed by atoms with Gasteiger partial charge < -0.3 is 4.74 Å². The molecule has 1 rings (SSSR count). The summed E-state index contributed by atoms with van der Waals surface area (Å²) >= 11 is 0. The van der Waals surface area contributed by atoms with Gasteiger partial charge in [0.05, 0.1) is 6.10 Å². The Balaban J connectivity index is 2.35. The van der Waals surface area contributed by atoms with Crippen LogP contribution in [0.4, 0.5) is 0 Å². The molecule has 1 heteroatoms. The van der Waals surface area contributed by atoms with Crippen LogP contribution in [0.15, 0.2) is 24.5 Å². The predicted molar refractivity (Wildman–Crippen MR) is 70.2 cm³/mol. The zero-order valence-electron chi connectivity index (χ0n) is 11.3. The molecule has 0 radical (unpaired) electrons. The molecule has 92 valence electrons. The maximum absolute atomic E-state index is 5.81. The van der Waals surface area contributed by atoms with Gasteiger partial charge in [-0.3, -0.25) is 0 Å². The third kappa shape index (κ3) is 4.03. The third-order valence-corrected chi connectivity index (χ3v) is 3.57. The van der Waals surface area contributed by atoms with E-state index in [0.29, 0.717) is 11.5 Å². The first-order chi connectivity index (χ1) is 7.43. The first kappa shape index (κ1) is 13.3. The second-order valence-electron chi connectivity index (χ2n) is 5.92. The van der Waals surface area contributed by atoms with Crippen molar-refractivity contribution in [2.45, 2.75) is 59.5 Å². The molecule has 0 aromatic carbocycles. The van der Waals surface area contributed by atoms with Gasteiger partial charge in [0.25, 0.3) is 0 Å². The van der Waals surface area contributed by atoms with Gasteiger partial charge in [0.2, 0.25) is 0 Å². The van der Waals surface area contributed by atoms with E-state index in [-0.39, 0.29) is 0 Å². The van der Waals surface area contributed by atoms with Crippen LogP contribution in [0.5, 0.6) is 0 Å². The van der Waals surface area contributed by atoms with E-state index in [1.807, 2.05) is 19.1 Å². The van der Waals surface area contributed by atoms with Gasteiger partial charge in [0.15, 0.2) is 0 Å². The Morgan fingerprint density at radius 2 is 1.75 bits per heavy atom. The summed E-state index contributed by atoms with van der Waals surface area (Å²) in [5, 5.41) is 0. The molecule has 0 spiro atoms. The average Bonchev–Trinajstić information content (AvgIpc) is 2.17. The lowest BCUT2D eigenvalue weighted by atomic mass is 9.72. The molecule has 1 nitrogen and oxygen atoms in total. The second kappa shape index (κ2) is 5.56. The molecule has 16 heavy (non-hydrogen) atoms. The summed E-state index contributed by atoms with van der Waals surface area (Å²) < 4.78 is 5.81. The van der Waals surface area contributed by atoms with Crippen molar-refractivity contribution >= 4 is 0 Å². The Kier molecular flexibility index (Phi) is 4.64. The Morgan fingerprint density at radius 1 is 1.19 bits per heavy atom. The molecular weight excluding hydrogens is 196 g/mol. The SMILES string of the molecule is C=C(/C=C\C)OC1CCC(C(C)(C)C)CC1. The molecule has 0 bridgehead atoms. The molecule has 0 heterocycles. The van der Waals surface area contributed by atoms with E-state index in [1.165, 1.54) is 25.7 Å². The van der Waals surface area contributed by atoms with Crippen LogP contribution in [0.25, 0.3) is 0 Å². The van der Waals surface area contributed by atoms with Gasteiger partial charge in [-0.15, -0.1) is 0 Å². The average molecular weight is 222 g/mol. The predicted octanol–water partition coefficient (Wildman–Crippen LogP) is 4.70. The van der Waals surface area contributed by atoms with Crippen LogP contribution < -0.4 is 0 Å². The topological polar surface area (TPSA) is 9.23 Å². The molecule has 1 saturated carbocycles. The second-order valence-corrected chi connectivity index (χ2v) is 5.92. The number of ether oxygens (including phenoxy) is 1. The molecule has 1 aliphatic carbocycles. The largest absolute Gasteiger partial charge is 0.491 e. The van der Waals surface area contributed by atoms with E-state index in [4.69, 9.17) is 4.74 Å². The minimum atomic E-state index is 0.391. The summed E-state index contributed by atoms with van der Waals surface area (Å²) in [4.78, 5) is 0. The quantitative estimate of drug-likeness (QED) is 0.497. The van der Waals surface area contributed by atoms with Crippen molar-refractivity contribution in [2.24, 2.45) is 11.3 Å². The molecule has 0 aliphatic heterocycles. The van der Waals surface area contributed by atoms with E-state index in [2.05, 4.69) is 27.4 Å². The maximum atomic E-state index is 5.81. The molecule has 1 fully saturated rings. The zero-order chi connectivity index (χ0) is 12.2. The Hall–Kier alpha value is -0.720. The fourth-order valence-electron chi connectivity index (χ4n) is 2.49. The first-order valence-electron chi connectivity index (χ1n) is 6.41.